The van der Waals surface area contributed by atoms with Gasteiger partial charge >= 0.3 is 6.18 Å². The minimum absolute atomic E-state index is 0.0259. The average Bonchev–Trinajstić information content (AvgIpc) is 3.46. The van der Waals surface area contributed by atoms with E-state index in [1.807, 2.05) is 17.2 Å². The lowest BCUT2D eigenvalue weighted by molar-refractivity contribution is -0.141. The van der Waals surface area contributed by atoms with Crippen LogP contribution in [-0.4, -0.2) is 85.6 Å². The third-order valence-corrected chi connectivity index (χ3v) is 8.58. The number of carbonyl (C=O) groups is 1. The van der Waals surface area contributed by atoms with Gasteiger partial charge in [-0.25, -0.2) is 17.7 Å². The van der Waals surface area contributed by atoms with Crippen molar-refractivity contribution in [3.8, 4) is 23.2 Å². The van der Waals surface area contributed by atoms with Crippen molar-refractivity contribution in [3.63, 3.8) is 0 Å². The quantitative estimate of drug-likeness (QED) is 0.525. The lowest BCUT2D eigenvalue weighted by atomic mass is 9.94. The standard InChI is InChI=1S/C29H30F3N5O4S/c1-42(39,40)37-9-7-20(17-37)6-8-35-18-22(14-23(19-35)36-10-12-41-13-11-36)24-4-2-3-5-25(24)26-15-21(28(33)38)16-27(34-26)29(30,31)32/h2-5,14-16,19-20H,7,9-13,17-18H2,1H3,(H2,33,38). The van der Waals surface area contributed by atoms with Crippen LogP contribution in [0.25, 0.3) is 16.8 Å². The van der Waals surface area contributed by atoms with Gasteiger partial charge in [-0.1, -0.05) is 30.2 Å². The molecular weight excluding hydrogens is 571 g/mol. The monoisotopic (exact) mass is 601 g/mol. The number of nitrogens with two attached hydrogens (primary N) is 1. The van der Waals surface area contributed by atoms with Crippen LogP contribution in [0.3, 0.4) is 0 Å². The van der Waals surface area contributed by atoms with Crippen LogP contribution in [0.15, 0.2) is 54.4 Å². The average molecular weight is 602 g/mol. The van der Waals surface area contributed by atoms with Crippen molar-refractivity contribution in [2.24, 2.45) is 11.7 Å². The number of hydrogen-bond acceptors (Lipinski definition) is 7. The molecule has 222 valence electrons. The summed E-state index contributed by atoms with van der Waals surface area (Å²) in [6, 6.07) is 12.0. The van der Waals surface area contributed by atoms with Crippen molar-refractivity contribution in [1.82, 2.24) is 19.1 Å². The third kappa shape index (κ3) is 6.78. The second-order valence-corrected chi connectivity index (χ2v) is 12.3. The fraction of sp³-hybridized carbons (Fsp3) is 0.379. The number of rotatable bonds is 5. The first-order valence-corrected chi connectivity index (χ1v) is 15.2. The molecule has 1 atom stereocenters. The van der Waals surface area contributed by atoms with E-state index in [0.717, 1.165) is 11.3 Å². The van der Waals surface area contributed by atoms with E-state index in [2.05, 4.69) is 21.8 Å². The largest absolute Gasteiger partial charge is 0.433 e. The van der Waals surface area contributed by atoms with Gasteiger partial charge in [-0.3, -0.25) is 4.79 Å². The molecule has 2 N–H and O–H groups in total. The molecule has 42 heavy (non-hydrogen) atoms. The van der Waals surface area contributed by atoms with Gasteiger partial charge in [0.1, 0.15) is 5.69 Å². The fourth-order valence-corrected chi connectivity index (χ4v) is 6.03. The third-order valence-electron chi connectivity index (χ3n) is 7.31. The molecule has 5 rings (SSSR count). The molecule has 9 nitrogen and oxygen atoms in total. The summed E-state index contributed by atoms with van der Waals surface area (Å²) >= 11 is 0. The molecule has 1 amide bonds. The van der Waals surface area contributed by atoms with E-state index >= 15 is 0 Å². The summed E-state index contributed by atoms with van der Waals surface area (Å²) in [4.78, 5) is 19.7. The first-order valence-electron chi connectivity index (χ1n) is 13.4. The Hall–Kier alpha value is -3.86. The van der Waals surface area contributed by atoms with Crippen LogP contribution < -0.4 is 5.73 Å². The molecule has 1 aromatic carbocycles. The fourth-order valence-electron chi connectivity index (χ4n) is 5.14. The maximum atomic E-state index is 13.7. The lowest BCUT2D eigenvalue weighted by Gasteiger charge is -2.33. The number of aromatic nitrogens is 1. The molecular formula is C29H30F3N5O4S. The van der Waals surface area contributed by atoms with Gasteiger partial charge in [0, 0.05) is 55.5 Å². The van der Waals surface area contributed by atoms with Gasteiger partial charge in [0.25, 0.3) is 0 Å². The molecule has 0 aliphatic carbocycles. The predicted octanol–water partition coefficient (Wildman–Crippen LogP) is 2.98. The van der Waals surface area contributed by atoms with Crippen molar-refractivity contribution in [3.05, 3.63) is 71.2 Å². The first kappa shape index (κ1) is 29.6. The molecule has 0 bridgehead atoms. The highest BCUT2D eigenvalue weighted by molar-refractivity contribution is 7.88. The van der Waals surface area contributed by atoms with Crippen molar-refractivity contribution >= 4 is 21.5 Å². The Bertz CT molecular complexity index is 1600. The van der Waals surface area contributed by atoms with Crippen molar-refractivity contribution in [1.29, 1.82) is 0 Å². The topological polar surface area (TPSA) is 109 Å². The number of alkyl halides is 3. The normalized spacial score (nSPS) is 20.0. The van der Waals surface area contributed by atoms with Crippen molar-refractivity contribution in [2.75, 3.05) is 52.2 Å². The van der Waals surface area contributed by atoms with Gasteiger partial charge in [-0.2, -0.15) is 13.2 Å². The first-order chi connectivity index (χ1) is 19.9. The minimum atomic E-state index is -4.77. The van der Waals surface area contributed by atoms with Crippen molar-refractivity contribution in [2.45, 2.75) is 12.6 Å². The van der Waals surface area contributed by atoms with Crippen LogP contribution in [0.1, 0.15) is 28.0 Å². The maximum absolute atomic E-state index is 13.7. The number of allylic oxidation sites excluding steroid dienone is 1. The number of benzene rings is 1. The number of morpholine rings is 1. The predicted molar refractivity (Wildman–Crippen MR) is 151 cm³/mol. The number of pyridine rings is 1. The van der Waals surface area contributed by atoms with E-state index in [0.29, 0.717) is 69.6 Å². The highest BCUT2D eigenvalue weighted by atomic mass is 32.2. The zero-order valence-corrected chi connectivity index (χ0v) is 23.7. The Morgan fingerprint density at radius 1 is 1.12 bits per heavy atom. The van der Waals surface area contributed by atoms with Gasteiger partial charge in [0.2, 0.25) is 15.9 Å². The molecule has 4 heterocycles. The van der Waals surface area contributed by atoms with E-state index in [4.69, 9.17) is 10.5 Å². The zero-order valence-electron chi connectivity index (χ0n) is 22.9. The molecule has 3 aliphatic rings. The summed E-state index contributed by atoms with van der Waals surface area (Å²) in [5.41, 5.74) is 6.53. The maximum Gasteiger partial charge on any atom is 0.433 e. The lowest BCUT2D eigenvalue weighted by Crippen LogP contribution is -2.37. The van der Waals surface area contributed by atoms with Crippen molar-refractivity contribution < 1.29 is 31.1 Å². The Morgan fingerprint density at radius 3 is 2.48 bits per heavy atom. The number of carbonyl (C=O) groups excluding carboxylic acids is 1. The smallest absolute Gasteiger partial charge is 0.378 e. The Kier molecular flexibility index (Phi) is 8.32. The summed E-state index contributed by atoms with van der Waals surface area (Å²) in [5, 5.41) is 0. The van der Waals surface area contributed by atoms with Crippen LogP contribution in [0, 0.1) is 17.9 Å². The van der Waals surface area contributed by atoms with E-state index in [1.54, 1.807) is 24.3 Å². The Balaban J connectivity index is 1.53. The van der Waals surface area contributed by atoms with Gasteiger partial charge in [-0.15, -0.1) is 0 Å². The second kappa shape index (κ2) is 11.8. The van der Waals surface area contributed by atoms with E-state index < -0.39 is 27.8 Å². The van der Waals surface area contributed by atoms with Crippen LogP contribution in [0.2, 0.25) is 0 Å². The molecule has 1 aromatic heterocycles. The summed E-state index contributed by atoms with van der Waals surface area (Å²) < 4.78 is 71.8. The number of halogens is 3. The molecule has 0 saturated carbocycles. The van der Waals surface area contributed by atoms with E-state index in [-0.39, 0.29) is 17.2 Å². The summed E-state index contributed by atoms with van der Waals surface area (Å²) in [7, 11) is -3.29. The van der Waals surface area contributed by atoms with E-state index in [1.165, 1.54) is 16.6 Å². The second-order valence-electron chi connectivity index (χ2n) is 10.3. The highest BCUT2D eigenvalue weighted by Gasteiger charge is 2.34. The molecule has 2 fully saturated rings. The SMILES string of the molecule is CS(=O)(=O)N1CCC(C#CN2C=C(N3CCOCC3)C=C(c3ccccc3-c3cc(C(N)=O)cc(C(F)(F)F)n3)C2)C1. The van der Waals surface area contributed by atoms with Gasteiger partial charge < -0.3 is 20.3 Å². The van der Waals surface area contributed by atoms with Crippen LogP contribution >= 0.6 is 0 Å². The Labute approximate surface area is 242 Å². The summed E-state index contributed by atoms with van der Waals surface area (Å²) in [5.74, 6) is 2.10. The number of hydrogen-bond donors (Lipinski definition) is 1. The minimum Gasteiger partial charge on any atom is -0.378 e. The number of primary amides is 1. The van der Waals surface area contributed by atoms with E-state index in [9.17, 15) is 26.4 Å². The number of ether oxygens (including phenoxy) is 1. The molecule has 0 spiro atoms. The number of nitrogens with zero attached hydrogens (tertiary/aromatic N) is 4. The van der Waals surface area contributed by atoms with Gasteiger partial charge in [-0.05, 0) is 35.8 Å². The molecule has 3 aliphatic heterocycles. The molecule has 2 aromatic rings. The molecule has 2 saturated heterocycles. The zero-order chi connectivity index (χ0) is 30.1. The summed E-state index contributed by atoms with van der Waals surface area (Å²) in [6.07, 6.45) is 0.937. The number of amides is 1. The number of sulfonamides is 1. The molecule has 13 heteroatoms. The van der Waals surface area contributed by atoms with Gasteiger partial charge in [0.15, 0.2) is 0 Å². The van der Waals surface area contributed by atoms with Crippen LogP contribution in [0.5, 0.6) is 0 Å². The molecule has 1 unspecified atom stereocenters. The molecule has 0 radical (unpaired) electrons. The van der Waals surface area contributed by atoms with Crippen LogP contribution in [-0.2, 0) is 20.9 Å². The summed E-state index contributed by atoms with van der Waals surface area (Å²) in [6.45, 7) is 3.48. The highest BCUT2D eigenvalue weighted by Crippen LogP contribution is 2.35. The Morgan fingerprint density at radius 2 is 1.83 bits per heavy atom. The van der Waals surface area contributed by atoms with Gasteiger partial charge in [0.05, 0.1) is 37.4 Å². The van der Waals surface area contributed by atoms with Crippen LogP contribution in [0.4, 0.5) is 13.2 Å².